The summed E-state index contributed by atoms with van der Waals surface area (Å²) in [6, 6.07) is 6.56. The number of rotatable bonds is 8. The minimum Gasteiger partial charge on any atom is -0.429 e. The van der Waals surface area contributed by atoms with Gasteiger partial charge in [0.05, 0.1) is 5.56 Å². The van der Waals surface area contributed by atoms with Crippen LogP contribution in [0.1, 0.15) is 63.0 Å². The predicted molar refractivity (Wildman–Crippen MR) is 106 cm³/mol. The van der Waals surface area contributed by atoms with Crippen molar-refractivity contribution >= 4 is 0 Å². The average molecular weight is 426 g/mol. The fraction of sp³-hybridized carbons (Fsp3) is 0.500. The molecule has 2 aromatic rings. The topological polar surface area (TPSA) is 9.23 Å². The van der Waals surface area contributed by atoms with E-state index in [1.807, 2.05) is 0 Å². The van der Waals surface area contributed by atoms with Crippen LogP contribution in [0.4, 0.5) is 22.0 Å². The Morgan fingerprint density at radius 2 is 1.40 bits per heavy atom. The van der Waals surface area contributed by atoms with Gasteiger partial charge in [-0.1, -0.05) is 57.6 Å². The molecular formula is C24H27F5O. The molecule has 1 nitrogen and oxygen atoms in total. The normalized spacial score (nSPS) is 19.7. The molecule has 0 heterocycles. The first-order valence-corrected chi connectivity index (χ1v) is 10.6. The van der Waals surface area contributed by atoms with Crippen LogP contribution < -0.4 is 4.74 Å². The maximum Gasteiger partial charge on any atom is 0.426 e. The second-order valence-electron chi connectivity index (χ2n) is 8.23. The quantitative estimate of drug-likeness (QED) is 0.309. The highest BCUT2D eigenvalue weighted by Gasteiger charge is 2.35. The van der Waals surface area contributed by atoms with E-state index in [1.54, 1.807) is 12.1 Å². The number of hydrogen-bond acceptors (Lipinski definition) is 1. The number of halogens is 5. The molecular weight excluding hydrogens is 399 g/mol. The second-order valence-corrected chi connectivity index (χ2v) is 8.23. The third kappa shape index (κ3) is 5.73. The highest BCUT2D eigenvalue weighted by Crippen LogP contribution is 2.35. The lowest BCUT2D eigenvalue weighted by molar-refractivity contribution is -0.185. The number of ether oxygens (including phenoxy) is 1. The average Bonchev–Trinajstić information content (AvgIpc) is 2.72. The van der Waals surface area contributed by atoms with E-state index < -0.39 is 34.9 Å². The van der Waals surface area contributed by atoms with Crippen molar-refractivity contribution in [2.24, 2.45) is 11.8 Å². The first kappa shape index (κ1) is 22.6. The van der Waals surface area contributed by atoms with Gasteiger partial charge in [0.2, 0.25) is 0 Å². The molecule has 0 spiro atoms. The monoisotopic (exact) mass is 426 g/mol. The van der Waals surface area contributed by atoms with Gasteiger partial charge in [0.25, 0.3) is 0 Å². The Bertz CT molecular complexity index is 803. The lowest BCUT2D eigenvalue weighted by Crippen LogP contribution is -2.22. The molecule has 1 aliphatic carbocycles. The minimum atomic E-state index is -3.80. The summed E-state index contributed by atoms with van der Waals surface area (Å²) >= 11 is 0. The first-order valence-electron chi connectivity index (χ1n) is 10.6. The Hall–Kier alpha value is -2.11. The third-order valence-corrected chi connectivity index (χ3v) is 6.00. The number of benzene rings is 2. The van der Waals surface area contributed by atoms with Crippen molar-refractivity contribution in [1.82, 2.24) is 0 Å². The van der Waals surface area contributed by atoms with Crippen LogP contribution in [0.2, 0.25) is 0 Å². The van der Waals surface area contributed by atoms with E-state index in [0.29, 0.717) is 18.1 Å². The largest absolute Gasteiger partial charge is 0.429 e. The summed E-state index contributed by atoms with van der Waals surface area (Å²) in [5.41, 5.74) is 0.528. The van der Waals surface area contributed by atoms with Gasteiger partial charge in [0.15, 0.2) is 17.5 Å². The molecule has 0 radical (unpaired) electrons. The fourth-order valence-electron chi connectivity index (χ4n) is 4.25. The summed E-state index contributed by atoms with van der Waals surface area (Å²) in [5, 5.41) is 0. The van der Waals surface area contributed by atoms with Gasteiger partial charge in [-0.3, -0.25) is 0 Å². The zero-order valence-corrected chi connectivity index (χ0v) is 17.1. The standard InChI is InChI=1S/C24H27F5O/c1-2-3-16-4-6-17(7-5-16)8-9-18-10-12-19(13-11-18)24(28,29)30-20-14-21(25)23(27)22(26)15-20/h10-17H,2-9H2,1H3/t16-,17-. The lowest BCUT2D eigenvalue weighted by atomic mass is 9.78. The Labute approximate surface area is 174 Å². The van der Waals surface area contributed by atoms with Gasteiger partial charge in [0.1, 0.15) is 5.75 Å². The van der Waals surface area contributed by atoms with E-state index in [1.165, 1.54) is 50.7 Å². The maximum atomic E-state index is 14.4. The second kappa shape index (κ2) is 9.80. The van der Waals surface area contributed by atoms with Crippen molar-refractivity contribution in [1.29, 1.82) is 0 Å². The van der Waals surface area contributed by atoms with Gasteiger partial charge in [-0.15, -0.1) is 0 Å². The Morgan fingerprint density at radius 1 is 0.867 bits per heavy atom. The summed E-state index contributed by atoms with van der Waals surface area (Å²) in [7, 11) is 0. The zero-order chi connectivity index (χ0) is 21.7. The molecule has 0 atom stereocenters. The van der Waals surface area contributed by atoms with Crippen molar-refractivity contribution in [3.05, 3.63) is 65.0 Å². The van der Waals surface area contributed by atoms with Crippen LogP contribution in [-0.2, 0) is 12.5 Å². The summed E-state index contributed by atoms with van der Waals surface area (Å²) in [5.74, 6) is -4.13. The molecule has 0 saturated heterocycles. The third-order valence-electron chi connectivity index (χ3n) is 6.00. The van der Waals surface area contributed by atoms with Crippen molar-refractivity contribution in [2.75, 3.05) is 0 Å². The van der Waals surface area contributed by atoms with Crippen molar-refractivity contribution in [3.8, 4) is 5.75 Å². The molecule has 3 rings (SSSR count). The molecule has 0 unspecified atom stereocenters. The zero-order valence-electron chi connectivity index (χ0n) is 17.1. The van der Waals surface area contributed by atoms with Gasteiger partial charge < -0.3 is 4.74 Å². The molecule has 0 aromatic heterocycles. The van der Waals surface area contributed by atoms with Gasteiger partial charge in [-0.25, -0.2) is 13.2 Å². The van der Waals surface area contributed by atoms with Crippen molar-refractivity contribution in [3.63, 3.8) is 0 Å². The summed E-state index contributed by atoms with van der Waals surface area (Å²) in [6.07, 6.45) is 5.65. The molecule has 1 aliphatic rings. The summed E-state index contributed by atoms with van der Waals surface area (Å²) in [6.45, 7) is 2.22. The number of alkyl halides is 2. The Kier molecular flexibility index (Phi) is 7.37. The van der Waals surface area contributed by atoms with E-state index in [4.69, 9.17) is 0 Å². The highest BCUT2D eigenvalue weighted by molar-refractivity contribution is 5.29. The molecule has 0 aliphatic heterocycles. The maximum absolute atomic E-state index is 14.4. The molecule has 0 bridgehead atoms. The molecule has 0 N–H and O–H groups in total. The molecule has 30 heavy (non-hydrogen) atoms. The van der Waals surface area contributed by atoms with E-state index in [0.717, 1.165) is 24.3 Å². The van der Waals surface area contributed by atoms with E-state index in [-0.39, 0.29) is 0 Å². The SMILES string of the molecule is CCC[C@H]1CC[C@H](CCc2ccc(C(F)(F)Oc3cc(F)c(F)c(F)c3)cc2)CC1. The van der Waals surface area contributed by atoms with Crippen molar-refractivity contribution in [2.45, 2.75) is 64.4 Å². The van der Waals surface area contributed by atoms with Crippen molar-refractivity contribution < 1.29 is 26.7 Å². The molecule has 1 saturated carbocycles. The number of hydrogen-bond donors (Lipinski definition) is 0. The van der Waals surface area contributed by atoms with Crippen LogP contribution in [0.3, 0.4) is 0 Å². The number of aryl methyl sites for hydroxylation is 1. The van der Waals surface area contributed by atoms with Crippen LogP contribution in [0.5, 0.6) is 5.75 Å². The van der Waals surface area contributed by atoms with Crippen LogP contribution >= 0.6 is 0 Å². The van der Waals surface area contributed by atoms with Crippen LogP contribution in [-0.4, -0.2) is 0 Å². The molecule has 0 amide bonds. The lowest BCUT2D eigenvalue weighted by Gasteiger charge is -2.28. The van der Waals surface area contributed by atoms with Gasteiger partial charge in [0, 0.05) is 12.1 Å². The fourth-order valence-corrected chi connectivity index (χ4v) is 4.25. The van der Waals surface area contributed by atoms with Crippen LogP contribution in [0.15, 0.2) is 36.4 Å². The minimum absolute atomic E-state index is 0.399. The van der Waals surface area contributed by atoms with Gasteiger partial charge in [-0.2, -0.15) is 8.78 Å². The molecule has 2 aromatic carbocycles. The van der Waals surface area contributed by atoms with E-state index in [2.05, 4.69) is 11.7 Å². The predicted octanol–water partition coefficient (Wildman–Crippen LogP) is 7.77. The van der Waals surface area contributed by atoms with E-state index in [9.17, 15) is 22.0 Å². The Balaban J connectivity index is 1.55. The van der Waals surface area contributed by atoms with E-state index >= 15 is 0 Å². The molecule has 1 fully saturated rings. The summed E-state index contributed by atoms with van der Waals surface area (Å²) in [4.78, 5) is 0. The van der Waals surface area contributed by atoms with Gasteiger partial charge >= 0.3 is 6.11 Å². The van der Waals surface area contributed by atoms with Crippen LogP contribution in [0, 0.1) is 29.3 Å². The highest BCUT2D eigenvalue weighted by atomic mass is 19.3. The molecule has 6 heteroatoms. The Morgan fingerprint density at radius 3 is 1.93 bits per heavy atom. The van der Waals surface area contributed by atoms with Gasteiger partial charge in [-0.05, 0) is 42.4 Å². The first-order chi connectivity index (χ1) is 14.3. The van der Waals surface area contributed by atoms with Crippen LogP contribution in [0.25, 0.3) is 0 Å². The smallest absolute Gasteiger partial charge is 0.426 e. The summed E-state index contributed by atoms with van der Waals surface area (Å²) < 4.78 is 72.6. The molecule has 164 valence electrons.